The lowest BCUT2D eigenvalue weighted by Gasteiger charge is -2.43. The molecule has 2 aromatic heterocycles. The molecule has 0 aromatic carbocycles. The van der Waals surface area contributed by atoms with Gasteiger partial charge in [0, 0.05) is 31.5 Å². The Hall–Kier alpha value is -1.93. The molecular formula is C18H24N4O3S. The Kier molecular flexibility index (Phi) is 4.27. The second-order valence-corrected chi connectivity index (χ2v) is 9.50. The average molecular weight is 376 g/mol. The number of rotatable bonds is 3. The van der Waals surface area contributed by atoms with Gasteiger partial charge in [-0.05, 0) is 37.6 Å². The van der Waals surface area contributed by atoms with Gasteiger partial charge in [0.25, 0.3) is 5.91 Å². The van der Waals surface area contributed by atoms with Crippen LogP contribution in [0.3, 0.4) is 0 Å². The molecule has 0 radical (unpaired) electrons. The number of aryl methyl sites for hydroxylation is 1. The largest absolute Gasteiger partial charge is 0.330 e. The minimum absolute atomic E-state index is 0.0517. The van der Waals surface area contributed by atoms with Crippen LogP contribution in [-0.4, -0.2) is 76.7 Å². The van der Waals surface area contributed by atoms with E-state index in [-0.39, 0.29) is 29.5 Å². The Bertz CT molecular complexity index is 952. The molecular weight excluding hydrogens is 352 g/mol. The molecule has 4 rings (SSSR count). The molecule has 7 nitrogen and oxygen atoms in total. The highest BCUT2D eigenvalue weighted by molar-refractivity contribution is 7.91. The Morgan fingerprint density at radius 2 is 2.04 bits per heavy atom. The van der Waals surface area contributed by atoms with Crippen LogP contribution in [0.4, 0.5) is 0 Å². The summed E-state index contributed by atoms with van der Waals surface area (Å²) in [4.78, 5) is 21.5. The van der Waals surface area contributed by atoms with E-state index in [9.17, 15) is 13.2 Å². The van der Waals surface area contributed by atoms with Gasteiger partial charge in [-0.25, -0.2) is 13.4 Å². The maximum Gasteiger partial charge on any atom is 0.274 e. The predicted molar refractivity (Wildman–Crippen MR) is 99.1 cm³/mol. The van der Waals surface area contributed by atoms with Gasteiger partial charge in [0.15, 0.2) is 9.84 Å². The SMILES string of the molecule is CCCN1CCN(C(=O)c2cn3ccc(C)cc3n2)[C@H]2CS(=O)(=O)C[C@H]21. The van der Waals surface area contributed by atoms with Crippen molar-refractivity contribution in [1.29, 1.82) is 0 Å². The fraction of sp³-hybridized carbons (Fsp3) is 0.556. The summed E-state index contributed by atoms with van der Waals surface area (Å²) in [6.07, 6.45) is 4.59. The Morgan fingerprint density at radius 1 is 1.27 bits per heavy atom. The molecule has 4 heterocycles. The lowest BCUT2D eigenvalue weighted by atomic mass is 10.0. The summed E-state index contributed by atoms with van der Waals surface area (Å²) >= 11 is 0. The molecule has 0 bridgehead atoms. The van der Waals surface area contributed by atoms with Crippen molar-refractivity contribution in [3.05, 3.63) is 35.8 Å². The lowest BCUT2D eigenvalue weighted by Crippen LogP contribution is -2.60. The topological polar surface area (TPSA) is 75.0 Å². The van der Waals surface area contributed by atoms with Gasteiger partial charge in [-0.2, -0.15) is 0 Å². The molecule has 0 saturated carbocycles. The minimum Gasteiger partial charge on any atom is -0.330 e. The van der Waals surface area contributed by atoms with Crippen LogP contribution < -0.4 is 0 Å². The third-order valence-electron chi connectivity index (χ3n) is 5.40. The minimum atomic E-state index is -3.12. The highest BCUT2D eigenvalue weighted by atomic mass is 32.2. The monoisotopic (exact) mass is 376 g/mol. The van der Waals surface area contributed by atoms with Crippen molar-refractivity contribution in [2.75, 3.05) is 31.1 Å². The highest BCUT2D eigenvalue weighted by Gasteiger charge is 2.48. The van der Waals surface area contributed by atoms with Crippen LogP contribution in [0.5, 0.6) is 0 Å². The van der Waals surface area contributed by atoms with E-state index >= 15 is 0 Å². The van der Waals surface area contributed by atoms with Gasteiger partial charge in [-0.3, -0.25) is 9.69 Å². The Morgan fingerprint density at radius 3 is 2.81 bits per heavy atom. The van der Waals surface area contributed by atoms with Gasteiger partial charge in [-0.1, -0.05) is 6.92 Å². The third-order valence-corrected chi connectivity index (χ3v) is 7.10. The normalized spacial score (nSPS) is 25.5. The number of piperazine rings is 1. The average Bonchev–Trinajstić information content (AvgIpc) is 3.14. The number of hydrogen-bond acceptors (Lipinski definition) is 5. The third kappa shape index (κ3) is 3.01. The predicted octanol–water partition coefficient (Wildman–Crippen LogP) is 0.976. The van der Waals surface area contributed by atoms with Gasteiger partial charge in [0.05, 0.1) is 17.5 Å². The maximum absolute atomic E-state index is 13.1. The first-order chi connectivity index (χ1) is 12.4. The number of hydrogen-bond donors (Lipinski definition) is 0. The fourth-order valence-electron chi connectivity index (χ4n) is 4.18. The number of amides is 1. The summed E-state index contributed by atoms with van der Waals surface area (Å²) < 4.78 is 26.3. The van der Waals surface area contributed by atoms with Gasteiger partial charge >= 0.3 is 0 Å². The van der Waals surface area contributed by atoms with Crippen LogP contribution in [0.2, 0.25) is 0 Å². The van der Waals surface area contributed by atoms with Crippen molar-refractivity contribution in [2.45, 2.75) is 32.4 Å². The molecule has 26 heavy (non-hydrogen) atoms. The second-order valence-electron chi connectivity index (χ2n) is 7.34. The van der Waals surface area contributed by atoms with Crippen LogP contribution in [-0.2, 0) is 9.84 Å². The molecule has 0 aliphatic carbocycles. The lowest BCUT2D eigenvalue weighted by molar-refractivity contribution is 0.0329. The zero-order valence-corrected chi connectivity index (χ0v) is 15.9. The molecule has 2 aromatic rings. The van der Waals surface area contributed by atoms with E-state index in [0.717, 1.165) is 24.2 Å². The van der Waals surface area contributed by atoms with E-state index < -0.39 is 9.84 Å². The van der Waals surface area contributed by atoms with Crippen LogP contribution in [0.1, 0.15) is 29.4 Å². The van der Waals surface area contributed by atoms with E-state index in [1.54, 1.807) is 11.1 Å². The number of imidazole rings is 1. The number of aromatic nitrogens is 2. The summed E-state index contributed by atoms with van der Waals surface area (Å²) in [6.45, 7) is 6.20. The van der Waals surface area contributed by atoms with Crippen molar-refractivity contribution >= 4 is 21.4 Å². The molecule has 0 spiro atoms. The molecule has 2 aliphatic heterocycles. The molecule has 2 fully saturated rings. The number of sulfone groups is 1. The molecule has 2 saturated heterocycles. The second kappa shape index (κ2) is 6.35. The summed E-state index contributed by atoms with van der Waals surface area (Å²) in [7, 11) is -3.12. The van der Waals surface area contributed by atoms with E-state index in [1.807, 2.05) is 29.7 Å². The van der Waals surface area contributed by atoms with E-state index in [2.05, 4.69) is 16.8 Å². The van der Waals surface area contributed by atoms with E-state index in [1.165, 1.54) is 0 Å². The zero-order valence-electron chi connectivity index (χ0n) is 15.1. The quantitative estimate of drug-likeness (QED) is 0.798. The van der Waals surface area contributed by atoms with Crippen LogP contribution in [0.15, 0.2) is 24.5 Å². The van der Waals surface area contributed by atoms with E-state index in [4.69, 9.17) is 0 Å². The Balaban J connectivity index is 1.64. The van der Waals surface area contributed by atoms with Gasteiger partial charge in [-0.15, -0.1) is 0 Å². The molecule has 0 unspecified atom stereocenters. The molecule has 1 amide bonds. The maximum atomic E-state index is 13.1. The number of nitrogens with zero attached hydrogens (tertiary/aromatic N) is 4. The Labute approximate surface area is 153 Å². The summed E-state index contributed by atoms with van der Waals surface area (Å²) in [5.74, 6) is 0.0247. The summed E-state index contributed by atoms with van der Waals surface area (Å²) in [5.41, 5.74) is 2.19. The van der Waals surface area contributed by atoms with Gasteiger partial charge < -0.3 is 9.30 Å². The first kappa shape index (κ1) is 17.5. The first-order valence-corrected chi connectivity index (χ1v) is 10.9. The number of fused-ring (bicyclic) bond motifs is 2. The highest BCUT2D eigenvalue weighted by Crippen LogP contribution is 2.28. The van der Waals surface area contributed by atoms with E-state index in [0.29, 0.717) is 18.8 Å². The number of pyridine rings is 1. The summed E-state index contributed by atoms with van der Waals surface area (Å²) in [6, 6.07) is 3.52. The molecule has 2 atom stereocenters. The number of carbonyl (C=O) groups is 1. The van der Waals surface area contributed by atoms with Gasteiger partial charge in [0.1, 0.15) is 11.3 Å². The smallest absolute Gasteiger partial charge is 0.274 e. The first-order valence-electron chi connectivity index (χ1n) is 9.09. The molecule has 0 N–H and O–H groups in total. The van der Waals surface area contributed by atoms with Crippen molar-refractivity contribution in [3.63, 3.8) is 0 Å². The zero-order chi connectivity index (χ0) is 18.5. The van der Waals surface area contributed by atoms with Crippen molar-refractivity contribution in [2.24, 2.45) is 0 Å². The van der Waals surface area contributed by atoms with Crippen molar-refractivity contribution < 1.29 is 13.2 Å². The molecule has 2 aliphatic rings. The van der Waals surface area contributed by atoms with Crippen molar-refractivity contribution in [1.82, 2.24) is 19.2 Å². The molecule has 8 heteroatoms. The summed E-state index contributed by atoms with van der Waals surface area (Å²) in [5, 5.41) is 0. The van der Waals surface area contributed by atoms with Crippen LogP contribution in [0.25, 0.3) is 5.65 Å². The van der Waals surface area contributed by atoms with Crippen LogP contribution in [0, 0.1) is 6.92 Å². The van der Waals surface area contributed by atoms with Gasteiger partial charge in [0.2, 0.25) is 0 Å². The number of carbonyl (C=O) groups excluding carboxylic acids is 1. The standard InChI is InChI=1S/C18H24N4O3S/c1-3-5-20-7-8-22(16-12-26(24,25)11-15(16)20)18(23)14-10-21-6-4-13(2)9-17(21)19-14/h4,6,9-10,15-16H,3,5,7-8,11-12H2,1-2H3/t15-,16+/m1/s1. The van der Waals surface area contributed by atoms with Crippen LogP contribution >= 0.6 is 0 Å². The molecule has 140 valence electrons. The fourth-order valence-corrected chi connectivity index (χ4v) is 6.19. The van der Waals surface area contributed by atoms with Crippen molar-refractivity contribution in [3.8, 4) is 0 Å².